The molecule has 0 amide bonds. The number of fused-ring (bicyclic) bond motifs is 1. The van der Waals surface area contributed by atoms with Crippen molar-refractivity contribution in [3.8, 4) is 5.75 Å². The first-order chi connectivity index (χ1) is 8.33. The van der Waals surface area contributed by atoms with Gasteiger partial charge in [-0.1, -0.05) is 18.2 Å². The van der Waals surface area contributed by atoms with Crippen molar-refractivity contribution in [1.82, 2.24) is 9.55 Å². The van der Waals surface area contributed by atoms with Crippen molar-refractivity contribution in [3.05, 3.63) is 47.5 Å². The number of hydrogen-bond acceptors (Lipinski definition) is 2. The van der Waals surface area contributed by atoms with E-state index in [1.165, 1.54) is 18.7 Å². The van der Waals surface area contributed by atoms with Crippen LogP contribution in [0.1, 0.15) is 29.9 Å². The number of nitrogens with zero attached hydrogens (tertiary/aromatic N) is 2. The molecule has 0 fully saturated rings. The second-order valence-corrected chi connectivity index (χ2v) is 4.60. The largest absolute Gasteiger partial charge is 0.508 e. The van der Waals surface area contributed by atoms with Gasteiger partial charge in [-0.05, 0) is 24.5 Å². The van der Waals surface area contributed by atoms with E-state index in [0.717, 1.165) is 24.2 Å². The van der Waals surface area contributed by atoms with Crippen molar-refractivity contribution >= 4 is 0 Å². The number of para-hydroxylation sites is 1. The smallest absolute Gasteiger partial charge is 0.119 e. The Morgan fingerprint density at radius 1 is 1.24 bits per heavy atom. The molecule has 0 unspecified atom stereocenters. The molecule has 0 atom stereocenters. The fourth-order valence-electron chi connectivity index (χ4n) is 2.41. The number of aromatic nitrogens is 2. The molecule has 0 saturated carbocycles. The number of benzene rings is 1. The second-order valence-electron chi connectivity index (χ2n) is 4.60. The lowest BCUT2D eigenvalue weighted by Gasteiger charge is -2.11. The zero-order valence-corrected chi connectivity index (χ0v) is 9.76. The lowest BCUT2D eigenvalue weighted by Crippen LogP contribution is -2.08. The Bertz CT molecular complexity index is 507. The minimum atomic E-state index is 0.360. The summed E-state index contributed by atoms with van der Waals surface area (Å²) in [4.78, 5) is 4.64. The van der Waals surface area contributed by atoms with Crippen LogP contribution in [0.25, 0.3) is 0 Å². The van der Waals surface area contributed by atoms with Crippen LogP contribution in [0.4, 0.5) is 0 Å². The molecule has 1 aliphatic heterocycles. The Kier molecular flexibility index (Phi) is 2.59. The monoisotopic (exact) mass is 228 g/mol. The normalized spacial score (nSPS) is 14.6. The maximum Gasteiger partial charge on any atom is 0.119 e. The molecule has 0 radical (unpaired) electrons. The molecule has 1 aromatic heterocycles. The Morgan fingerprint density at radius 2 is 2.12 bits per heavy atom. The van der Waals surface area contributed by atoms with Gasteiger partial charge in [-0.2, -0.15) is 0 Å². The van der Waals surface area contributed by atoms with E-state index >= 15 is 0 Å². The van der Waals surface area contributed by atoms with Crippen LogP contribution >= 0.6 is 0 Å². The van der Waals surface area contributed by atoms with Crippen LogP contribution in [0.15, 0.2) is 30.5 Å². The van der Waals surface area contributed by atoms with Gasteiger partial charge in [-0.3, -0.25) is 0 Å². The number of phenols is 1. The Morgan fingerprint density at radius 3 is 2.94 bits per heavy atom. The molecule has 0 saturated heterocycles. The molecule has 17 heavy (non-hydrogen) atoms. The molecule has 0 spiro atoms. The highest BCUT2D eigenvalue weighted by molar-refractivity contribution is 5.34. The van der Waals surface area contributed by atoms with E-state index in [0.29, 0.717) is 12.2 Å². The van der Waals surface area contributed by atoms with E-state index in [4.69, 9.17) is 0 Å². The van der Waals surface area contributed by atoms with E-state index in [9.17, 15) is 5.11 Å². The van der Waals surface area contributed by atoms with Gasteiger partial charge < -0.3 is 9.67 Å². The molecular weight excluding hydrogens is 212 g/mol. The lowest BCUT2D eigenvalue weighted by molar-refractivity contribution is 0.469. The Labute approximate surface area is 101 Å². The fourth-order valence-corrected chi connectivity index (χ4v) is 2.41. The van der Waals surface area contributed by atoms with Crippen LogP contribution in [0.5, 0.6) is 5.75 Å². The molecule has 3 rings (SSSR count). The quantitative estimate of drug-likeness (QED) is 0.857. The SMILES string of the molecule is Oc1ccccc1Cc1cn2c(n1)CCCC2. The van der Waals surface area contributed by atoms with E-state index in [1.807, 2.05) is 18.2 Å². The second kappa shape index (κ2) is 4.24. The number of hydrogen-bond donors (Lipinski definition) is 1. The maximum atomic E-state index is 9.74. The van der Waals surface area contributed by atoms with Gasteiger partial charge in [0.2, 0.25) is 0 Å². The highest BCUT2D eigenvalue weighted by Gasteiger charge is 2.12. The maximum absolute atomic E-state index is 9.74. The summed E-state index contributed by atoms with van der Waals surface area (Å²) in [6, 6.07) is 7.47. The number of phenolic OH excluding ortho intramolecular Hbond substituents is 1. The summed E-state index contributed by atoms with van der Waals surface area (Å²) in [6.45, 7) is 1.09. The summed E-state index contributed by atoms with van der Waals surface area (Å²) >= 11 is 0. The summed E-state index contributed by atoms with van der Waals surface area (Å²) in [5, 5.41) is 9.74. The van der Waals surface area contributed by atoms with E-state index in [-0.39, 0.29) is 0 Å². The molecule has 0 aliphatic carbocycles. The first-order valence-corrected chi connectivity index (χ1v) is 6.15. The minimum Gasteiger partial charge on any atom is -0.508 e. The third kappa shape index (κ3) is 2.05. The lowest BCUT2D eigenvalue weighted by atomic mass is 10.1. The zero-order valence-electron chi connectivity index (χ0n) is 9.76. The van der Waals surface area contributed by atoms with Gasteiger partial charge in [0.15, 0.2) is 0 Å². The van der Waals surface area contributed by atoms with Crippen molar-refractivity contribution < 1.29 is 5.11 Å². The van der Waals surface area contributed by atoms with Gasteiger partial charge in [0.25, 0.3) is 0 Å². The molecule has 3 heteroatoms. The molecule has 1 aromatic carbocycles. The van der Waals surface area contributed by atoms with Crippen LogP contribution < -0.4 is 0 Å². The number of aromatic hydroxyl groups is 1. The van der Waals surface area contributed by atoms with Crippen LogP contribution in [-0.4, -0.2) is 14.7 Å². The third-order valence-electron chi connectivity index (χ3n) is 3.32. The first-order valence-electron chi connectivity index (χ1n) is 6.15. The zero-order chi connectivity index (χ0) is 11.7. The van der Waals surface area contributed by atoms with Gasteiger partial charge in [0, 0.05) is 25.6 Å². The predicted octanol–water partition coefficient (Wildman–Crippen LogP) is 2.52. The van der Waals surface area contributed by atoms with Crippen molar-refractivity contribution in [2.24, 2.45) is 0 Å². The van der Waals surface area contributed by atoms with Crippen LogP contribution in [0, 0.1) is 0 Å². The van der Waals surface area contributed by atoms with Crippen LogP contribution in [-0.2, 0) is 19.4 Å². The van der Waals surface area contributed by atoms with Crippen LogP contribution in [0.3, 0.4) is 0 Å². The first kappa shape index (κ1) is 10.4. The Balaban J connectivity index is 1.86. The molecule has 1 aliphatic rings. The van der Waals surface area contributed by atoms with Crippen molar-refractivity contribution in [2.75, 3.05) is 0 Å². The molecule has 3 nitrogen and oxygen atoms in total. The molecule has 2 aromatic rings. The predicted molar refractivity (Wildman–Crippen MR) is 66.1 cm³/mol. The summed E-state index contributed by atoms with van der Waals surface area (Å²) in [7, 11) is 0. The van der Waals surface area contributed by atoms with E-state index < -0.39 is 0 Å². The fraction of sp³-hybridized carbons (Fsp3) is 0.357. The molecule has 2 heterocycles. The average Bonchev–Trinajstić information content (AvgIpc) is 2.74. The molecular formula is C14H16N2O. The van der Waals surface area contributed by atoms with Gasteiger partial charge >= 0.3 is 0 Å². The summed E-state index contributed by atoms with van der Waals surface area (Å²) in [5.74, 6) is 1.56. The number of aryl methyl sites for hydroxylation is 2. The highest BCUT2D eigenvalue weighted by Crippen LogP contribution is 2.21. The van der Waals surface area contributed by atoms with Crippen molar-refractivity contribution in [3.63, 3.8) is 0 Å². The standard InChI is InChI=1S/C14H16N2O/c17-13-6-2-1-5-11(13)9-12-10-16-8-4-3-7-14(16)15-12/h1-2,5-6,10,17H,3-4,7-9H2. The van der Waals surface area contributed by atoms with Crippen molar-refractivity contribution in [1.29, 1.82) is 0 Å². The van der Waals surface area contributed by atoms with Gasteiger partial charge in [-0.25, -0.2) is 4.98 Å². The molecule has 1 N–H and O–H groups in total. The van der Waals surface area contributed by atoms with Crippen molar-refractivity contribution in [2.45, 2.75) is 32.2 Å². The summed E-state index contributed by atoms with van der Waals surface area (Å²) in [5.41, 5.74) is 2.01. The van der Waals surface area contributed by atoms with Gasteiger partial charge in [-0.15, -0.1) is 0 Å². The minimum absolute atomic E-state index is 0.360. The van der Waals surface area contributed by atoms with Gasteiger partial charge in [0.05, 0.1) is 5.69 Å². The molecule has 88 valence electrons. The van der Waals surface area contributed by atoms with Gasteiger partial charge in [0.1, 0.15) is 11.6 Å². The highest BCUT2D eigenvalue weighted by atomic mass is 16.3. The Hall–Kier alpha value is -1.77. The number of rotatable bonds is 2. The summed E-state index contributed by atoms with van der Waals surface area (Å²) in [6.07, 6.45) is 6.42. The number of imidazole rings is 1. The topological polar surface area (TPSA) is 38.0 Å². The third-order valence-corrected chi connectivity index (χ3v) is 3.32. The van der Waals surface area contributed by atoms with E-state index in [2.05, 4.69) is 15.7 Å². The summed E-state index contributed by atoms with van der Waals surface area (Å²) < 4.78 is 2.25. The molecule has 0 bridgehead atoms. The average molecular weight is 228 g/mol. The van der Waals surface area contributed by atoms with Crippen LogP contribution in [0.2, 0.25) is 0 Å². The van der Waals surface area contributed by atoms with E-state index in [1.54, 1.807) is 6.07 Å².